The van der Waals surface area contributed by atoms with E-state index in [4.69, 9.17) is 10.7 Å². The highest BCUT2D eigenvalue weighted by atomic mass is 15.3. The lowest BCUT2D eigenvalue weighted by Gasteiger charge is -2.39. The number of nitrogens with two attached hydrogens (primary N) is 1. The summed E-state index contributed by atoms with van der Waals surface area (Å²) < 4.78 is 0. The molecule has 3 aliphatic heterocycles. The minimum Gasteiger partial charge on any atom is -0.368 e. The smallest absolute Gasteiger partial charge is 0.128 e. The van der Waals surface area contributed by atoms with Crippen LogP contribution in [0.25, 0.3) is 10.9 Å². The van der Waals surface area contributed by atoms with Crippen LogP contribution in [0.1, 0.15) is 42.6 Å². The molecular formula is C26H29N7. The van der Waals surface area contributed by atoms with E-state index >= 15 is 0 Å². The number of benzene rings is 1. The summed E-state index contributed by atoms with van der Waals surface area (Å²) in [5.41, 5.74) is 11.4. The topological polar surface area (TPSA) is 85.3 Å². The van der Waals surface area contributed by atoms with E-state index in [9.17, 15) is 5.26 Å². The highest BCUT2D eigenvalue weighted by Crippen LogP contribution is 2.39. The molecule has 3 aliphatic rings. The fraction of sp³-hybridized carbons (Fsp3) is 0.423. The predicted octanol–water partition coefficient (Wildman–Crippen LogP) is 3.20. The zero-order valence-electron chi connectivity index (χ0n) is 19.0. The lowest BCUT2D eigenvalue weighted by atomic mass is 9.91. The maximum atomic E-state index is 9.48. The van der Waals surface area contributed by atoms with Gasteiger partial charge < -0.3 is 15.5 Å². The van der Waals surface area contributed by atoms with Gasteiger partial charge in [-0.2, -0.15) is 5.26 Å². The summed E-state index contributed by atoms with van der Waals surface area (Å²) in [5.74, 6) is 1.09. The van der Waals surface area contributed by atoms with Gasteiger partial charge in [-0.25, -0.2) is 4.98 Å². The van der Waals surface area contributed by atoms with Crippen LogP contribution in [-0.4, -0.2) is 53.1 Å². The molecule has 7 nitrogen and oxygen atoms in total. The maximum Gasteiger partial charge on any atom is 0.128 e. The van der Waals surface area contributed by atoms with Crippen molar-refractivity contribution < 1.29 is 0 Å². The van der Waals surface area contributed by atoms with Gasteiger partial charge in [0.1, 0.15) is 11.9 Å². The van der Waals surface area contributed by atoms with Crippen molar-refractivity contribution in [3.8, 4) is 6.07 Å². The van der Waals surface area contributed by atoms with Crippen LogP contribution < -0.4 is 15.5 Å². The second kappa shape index (κ2) is 7.68. The van der Waals surface area contributed by atoms with E-state index < -0.39 is 0 Å². The molecule has 7 heteroatoms. The van der Waals surface area contributed by atoms with Crippen molar-refractivity contribution in [1.82, 2.24) is 14.9 Å². The molecule has 2 fully saturated rings. The average Bonchev–Trinajstić information content (AvgIpc) is 3.20. The quantitative estimate of drug-likeness (QED) is 0.656. The molecule has 6 rings (SSSR count). The van der Waals surface area contributed by atoms with Gasteiger partial charge in [0, 0.05) is 62.1 Å². The summed E-state index contributed by atoms with van der Waals surface area (Å²) in [5, 5.41) is 10.5. The Balaban J connectivity index is 1.26. The van der Waals surface area contributed by atoms with Gasteiger partial charge in [0.2, 0.25) is 0 Å². The van der Waals surface area contributed by atoms with Crippen LogP contribution in [0.3, 0.4) is 0 Å². The van der Waals surface area contributed by atoms with E-state index in [1.54, 1.807) is 6.20 Å². The molecule has 1 aromatic carbocycles. The number of piperidine rings is 1. The standard InChI is InChI=1S/C26H29N7/c1-26(28)8-11-31(12-9-26)24-7-5-19-21(30-24)16-32-13-14-33(17-23(19)32)22-6-4-18(15-27)25-20(22)3-2-10-29-25/h2-7,10,23H,8-9,11-14,16-17,28H2,1H3/t23-/m1/s1. The fourth-order valence-corrected chi connectivity index (χ4v) is 5.59. The van der Waals surface area contributed by atoms with Gasteiger partial charge in [0.05, 0.1) is 22.8 Å². The molecule has 0 aliphatic carbocycles. The van der Waals surface area contributed by atoms with Crippen molar-refractivity contribution >= 4 is 22.4 Å². The average molecular weight is 440 g/mol. The predicted molar refractivity (Wildman–Crippen MR) is 130 cm³/mol. The number of hydrogen-bond donors (Lipinski definition) is 1. The van der Waals surface area contributed by atoms with Crippen LogP contribution in [-0.2, 0) is 6.54 Å². The lowest BCUT2D eigenvalue weighted by molar-refractivity contribution is 0.194. The summed E-state index contributed by atoms with van der Waals surface area (Å²) in [6.45, 7) is 7.87. The van der Waals surface area contributed by atoms with Gasteiger partial charge in [-0.3, -0.25) is 9.88 Å². The maximum absolute atomic E-state index is 9.48. The Bertz CT molecular complexity index is 1250. The molecule has 2 N–H and O–H groups in total. The van der Waals surface area contributed by atoms with Gasteiger partial charge in [0.15, 0.2) is 0 Å². The Morgan fingerprint density at radius 1 is 1.06 bits per heavy atom. The summed E-state index contributed by atoms with van der Waals surface area (Å²) in [4.78, 5) is 17.0. The second-order valence-corrected chi connectivity index (χ2v) is 9.92. The molecule has 5 heterocycles. The fourth-order valence-electron chi connectivity index (χ4n) is 5.59. The van der Waals surface area contributed by atoms with Crippen molar-refractivity contribution in [3.05, 3.63) is 59.4 Å². The summed E-state index contributed by atoms with van der Waals surface area (Å²) in [6, 6.07) is 15.1. The third-order valence-electron chi connectivity index (χ3n) is 7.64. The molecule has 0 saturated carbocycles. The Hall–Kier alpha value is -3.21. The number of aromatic nitrogens is 2. The van der Waals surface area contributed by atoms with Gasteiger partial charge in [-0.15, -0.1) is 0 Å². The van der Waals surface area contributed by atoms with Crippen molar-refractivity contribution in [3.63, 3.8) is 0 Å². The third-order valence-corrected chi connectivity index (χ3v) is 7.64. The first kappa shape index (κ1) is 20.4. The molecule has 33 heavy (non-hydrogen) atoms. The highest BCUT2D eigenvalue weighted by Gasteiger charge is 2.37. The molecule has 0 bridgehead atoms. The Kier molecular flexibility index (Phi) is 4.75. The van der Waals surface area contributed by atoms with Gasteiger partial charge in [-0.05, 0) is 55.7 Å². The second-order valence-electron chi connectivity index (χ2n) is 9.92. The number of pyridine rings is 2. The normalized spacial score (nSPS) is 22.2. The molecule has 2 saturated heterocycles. The monoisotopic (exact) mass is 439 g/mol. The van der Waals surface area contributed by atoms with E-state index in [2.05, 4.69) is 56.9 Å². The molecular weight excluding hydrogens is 410 g/mol. The molecule has 168 valence electrons. The number of anilines is 2. The SMILES string of the molecule is CC1(N)CCN(c2ccc3c(n2)CN2CCN(c4ccc(C#N)c5ncccc45)C[C@H]32)CC1. The number of piperazine rings is 1. The van der Waals surface area contributed by atoms with Crippen LogP contribution in [0, 0.1) is 11.3 Å². The van der Waals surface area contributed by atoms with Gasteiger partial charge >= 0.3 is 0 Å². The van der Waals surface area contributed by atoms with E-state index in [0.717, 1.165) is 74.5 Å². The first-order chi connectivity index (χ1) is 16.0. The van der Waals surface area contributed by atoms with Crippen molar-refractivity contribution in [1.29, 1.82) is 5.26 Å². The first-order valence-electron chi connectivity index (χ1n) is 11.8. The molecule has 0 radical (unpaired) electrons. The first-order valence-corrected chi connectivity index (χ1v) is 11.8. The molecule has 0 amide bonds. The van der Waals surface area contributed by atoms with E-state index in [-0.39, 0.29) is 5.54 Å². The molecule has 0 unspecified atom stereocenters. The molecule has 1 atom stereocenters. The number of hydrogen-bond acceptors (Lipinski definition) is 7. The van der Waals surface area contributed by atoms with Crippen molar-refractivity contribution in [2.75, 3.05) is 42.5 Å². The van der Waals surface area contributed by atoms with Crippen LogP contribution in [0.4, 0.5) is 11.5 Å². The van der Waals surface area contributed by atoms with E-state index in [0.29, 0.717) is 11.6 Å². The van der Waals surface area contributed by atoms with Gasteiger partial charge in [-0.1, -0.05) is 6.07 Å². The van der Waals surface area contributed by atoms with Crippen molar-refractivity contribution in [2.24, 2.45) is 5.73 Å². The van der Waals surface area contributed by atoms with Crippen LogP contribution >= 0.6 is 0 Å². The van der Waals surface area contributed by atoms with E-state index in [1.807, 2.05) is 12.1 Å². The minimum absolute atomic E-state index is 0.0531. The number of rotatable bonds is 2. The Labute approximate surface area is 194 Å². The summed E-state index contributed by atoms with van der Waals surface area (Å²) in [7, 11) is 0. The third kappa shape index (κ3) is 3.50. The van der Waals surface area contributed by atoms with Crippen LogP contribution in [0.15, 0.2) is 42.6 Å². The van der Waals surface area contributed by atoms with Gasteiger partial charge in [0.25, 0.3) is 0 Å². The lowest BCUT2D eigenvalue weighted by Crippen LogP contribution is -2.48. The van der Waals surface area contributed by atoms with Crippen LogP contribution in [0.2, 0.25) is 0 Å². The summed E-state index contributed by atoms with van der Waals surface area (Å²) >= 11 is 0. The Morgan fingerprint density at radius 2 is 1.91 bits per heavy atom. The zero-order chi connectivity index (χ0) is 22.6. The molecule has 3 aromatic rings. The Morgan fingerprint density at radius 3 is 2.73 bits per heavy atom. The zero-order valence-corrected chi connectivity index (χ0v) is 19.0. The summed E-state index contributed by atoms with van der Waals surface area (Å²) in [6.07, 6.45) is 3.77. The molecule has 0 spiro atoms. The largest absolute Gasteiger partial charge is 0.368 e. The number of fused-ring (bicyclic) bond motifs is 4. The van der Waals surface area contributed by atoms with Crippen LogP contribution in [0.5, 0.6) is 0 Å². The van der Waals surface area contributed by atoms with E-state index in [1.165, 1.54) is 11.3 Å². The highest BCUT2D eigenvalue weighted by molar-refractivity contribution is 5.95. The minimum atomic E-state index is -0.0531. The number of nitrogens with zero attached hydrogens (tertiary/aromatic N) is 6. The van der Waals surface area contributed by atoms with Crippen molar-refractivity contribution in [2.45, 2.75) is 37.9 Å². The number of nitriles is 1. The molecule has 2 aromatic heterocycles.